The van der Waals surface area contributed by atoms with Crippen LogP contribution in [0.5, 0.6) is 0 Å². The van der Waals surface area contributed by atoms with E-state index in [9.17, 15) is 13.2 Å². The monoisotopic (exact) mass is 236 g/mol. The van der Waals surface area contributed by atoms with Crippen molar-refractivity contribution in [1.29, 1.82) is 0 Å². The molecule has 0 spiro atoms. The van der Waals surface area contributed by atoms with Gasteiger partial charge in [0.15, 0.2) is 0 Å². The van der Waals surface area contributed by atoms with Gasteiger partial charge >= 0.3 is 6.18 Å². The molecule has 2 N–H and O–H groups in total. The topological polar surface area (TPSA) is 56.7 Å². The molecule has 0 aliphatic heterocycles. The number of nitrogens with two attached hydrogens (primary N) is 1. The highest BCUT2D eigenvalue weighted by atomic mass is 19.4. The summed E-state index contributed by atoms with van der Waals surface area (Å²) in [5, 5.41) is 7.59. The number of rotatable bonds is 6. The number of nitrogens with zero attached hydrogens (tertiary/aromatic N) is 3. The molecule has 0 saturated heterocycles. The number of hydrogen-bond donors (Lipinski definition) is 1. The molecule has 0 fully saturated rings. The van der Waals surface area contributed by atoms with Crippen LogP contribution in [0, 0.1) is 0 Å². The first-order valence-electron chi connectivity index (χ1n) is 5.17. The van der Waals surface area contributed by atoms with Gasteiger partial charge in [-0.05, 0) is 25.8 Å². The molecule has 0 aromatic carbocycles. The van der Waals surface area contributed by atoms with E-state index in [1.54, 1.807) is 6.20 Å². The third-order valence-corrected chi connectivity index (χ3v) is 2.07. The highest BCUT2D eigenvalue weighted by Crippen LogP contribution is 2.21. The van der Waals surface area contributed by atoms with Gasteiger partial charge in [0, 0.05) is 19.2 Å². The molecule has 0 aliphatic rings. The molecule has 92 valence electrons. The Kier molecular flexibility index (Phi) is 4.72. The van der Waals surface area contributed by atoms with Crippen molar-refractivity contribution in [3.05, 3.63) is 11.9 Å². The summed E-state index contributed by atoms with van der Waals surface area (Å²) in [6, 6.07) is 0. The number of hydrogen-bond acceptors (Lipinski definition) is 3. The third kappa shape index (κ3) is 5.11. The van der Waals surface area contributed by atoms with Gasteiger partial charge in [0.2, 0.25) is 0 Å². The fraction of sp³-hybridized carbons (Fsp3) is 0.778. The Morgan fingerprint density at radius 3 is 2.69 bits per heavy atom. The van der Waals surface area contributed by atoms with E-state index >= 15 is 0 Å². The number of aromatic nitrogens is 3. The van der Waals surface area contributed by atoms with Gasteiger partial charge in [-0.3, -0.25) is 4.68 Å². The lowest BCUT2D eigenvalue weighted by Crippen LogP contribution is -2.09. The molecule has 7 heteroatoms. The maximum Gasteiger partial charge on any atom is 0.389 e. The maximum absolute atomic E-state index is 11.9. The van der Waals surface area contributed by atoms with Gasteiger partial charge < -0.3 is 5.73 Å². The molecule has 0 unspecified atom stereocenters. The second-order valence-electron chi connectivity index (χ2n) is 3.58. The van der Waals surface area contributed by atoms with Crippen LogP contribution in [-0.2, 0) is 13.0 Å². The molecule has 1 aromatic heterocycles. The highest BCUT2D eigenvalue weighted by molar-refractivity contribution is 4.92. The van der Waals surface area contributed by atoms with Gasteiger partial charge in [0.25, 0.3) is 0 Å². The van der Waals surface area contributed by atoms with Crippen LogP contribution in [-0.4, -0.2) is 27.7 Å². The largest absolute Gasteiger partial charge is 0.389 e. The Morgan fingerprint density at radius 2 is 2.06 bits per heavy atom. The summed E-state index contributed by atoms with van der Waals surface area (Å²) in [5.41, 5.74) is 6.11. The molecule has 1 aromatic rings. The number of halogens is 3. The van der Waals surface area contributed by atoms with Crippen LogP contribution in [0.3, 0.4) is 0 Å². The second kappa shape index (κ2) is 5.83. The first-order valence-corrected chi connectivity index (χ1v) is 5.17. The summed E-state index contributed by atoms with van der Waals surface area (Å²) >= 11 is 0. The molecule has 16 heavy (non-hydrogen) atoms. The Labute approximate surface area is 91.6 Å². The fourth-order valence-electron chi connectivity index (χ4n) is 1.29. The predicted molar refractivity (Wildman–Crippen MR) is 52.7 cm³/mol. The lowest BCUT2D eigenvalue weighted by atomic mass is 10.2. The summed E-state index contributed by atoms with van der Waals surface area (Å²) in [7, 11) is 0. The summed E-state index contributed by atoms with van der Waals surface area (Å²) in [4.78, 5) is 0. The molecule has 0 amide bonds. The van der Waals surface area contributed by atoms with Crippen molar-refractivity contribution in [2.24, 2.45) is 5.73 Å². The van der Waals surface area contributed by atoms with Gasteiger partial charge in [0.1, 0.15) is 0 Å². The minimum absolute atomic E-state index is 0.0309. The quantitative estimate of drug-likeness (QED) is 0.814. The van der Waals surface area contributed by atoms with E-state index in [1.807, 2.05) is 0 Å². The van der Waals surface area contributed by atoms with E-state index in [-0.39, 0.29) is 13.0 Å². The van der Waals surface area contributed by atoms with Crippen molar-refractivity contribution in [2.45, 2.75) is 38.4 Å². The van der Waals surface area contributed by atoms with Gasteiger partial charge in [-0.25, -0.2) is 0 Å². The van der Waals surface area contributed by atoms with Crippen LogP contribution < -0.4 is 5.73 Å². The minimum atomic E-state index is -4.09. The van der Waals surface area contributed by atoms with Crippen molar-refractivity contribution in [3.8, 4) is 0 Å². The van der Waals surface area contributed by atoms with Crippen molar-refractivity contribution in [2.75, 3.05) is 6.54 Å². The van der Waals surface area contributed by atoms with Crippen LogP contribution in [0.15, 0.2) is 6.20 Å². The zero-order valence-electron chi connectivity index (χ0n) is 8.87. The zero-order chi connectivity index (χ0) is 12.0. The Morgan fingerprint density at radius 1 is 1.31 bits per heavy atom. The van der Waals surface area contributed by atoms with Gasteiger partial charge in [-0.15, -0.1) is 5.10 Å². The predicted octanol–water partition coefficient (Wildman–Crippen LogP) is 1.51. The standard InChI is InChI=1S/C9H15F3N4/c10-9(11,12)4-2-6-16-7-8(14-15-16)3-1-5-13/h7H,1-6,13H2. The van der Waals surface area contributed by atoms with Gasteiger partial charge in [0.05, 0.1) is 5.69 Å². The molecule has 0 radical (unpaired) electrons. The molecule has 0 bridgehead atoms. The highest BCUT2D eigenvalue weighted by Gasteiger charge is 2.26. The first kappa shape index (κ1) is 13.0. The van der Waals surface area contributed by atoms with E-state index in [0.29, 0.717) is 6.54 Å². The SMILES string of the molecule is NCCCc1cn(CCCC(F)(F)F)nn1. The van der Waals surface area contributed by atoms with Crippen LogP contribution in [0.4, 0.5) is 13.2 Å². The van der Waals surface area contributed by atoms with Crippen molar-refractivity contribution >= 4 is 0 Å². The molecule has 1 heterocycles. The lowest BCUT2D eigenvalue weighted by Gasteiger charge is -2.04. The van der Waals surface area contributed by atoms with Crippen LogP contribution in [0.2, 0.25) is 0 Å². The summed E-state index contributed by atoms with van der Waals surface area (Å²) in [6.07, 6.45) is -1.65. The lowest BCUT2D eigenvalue weighted by molar-refractivity contribution is -0.136. The molecular weight excluding hydrogens is 221 g/mol. The van der Waals surface area contributed by atoms with Gasteiger partial charge in [-0.2, -0.15) is 13.2 Å². The first-order chi connectivity index (χ1) is 7.51. The van der Waals surface area contributed by atoms with E-state index in [0.717, 1.165) is 18.5 Å². The maximum atomic E-state index is 11.9. The average Bonchev–Trinajstić information content (AvgIpc) is 2.61. The summed E-state index contributed by atoms with van der Waals surface area (Å²) < 4.78 is 37.1. The smallest absolute Gasteiger partial charge is 0.330 e. The van der Waals surface area contributed by atoms with Crippen molar-refractivity contribution < 1.29 is 13.2 Å². The summed E-state index contributed by atoms with van der Waals surface area (Å²) in [6.45, 7) is 0.816. The zero-order valence-corrected chi connectivity index (χ0v) is 8.87. The molecule has 1 rings (SSSR count). The molecule has 0 aliphatic carbocycles. The van der Waals surface area contributed by atoms with Gasteiger partial charge in [-0.1, -0.05) is 5.21 Å². The minimum Gasteiger partial charge on any atom is -0.330 e. The Balaban J connectivity index is 2.29. The molecular formula is C9H15F3N4. The van der Waals surface area contributed by atoms with Crippen LogP contribution in [0.25, 0.3) is 0 Å². The number of aryl methyl sites for hydroxylation is 2. The van der Waals surface area contributed by atoms with Crippen LogP contribution in [0.1, 0.15) is 25.0 Å². The molecule has 0 saturated carbocycles. The van der Waals surface area contributed by atoms with E-state index in [4.69, 9.17) is 5.73 Å². The summed E-state index contributed by atoms with van der Waals surface area (Å²) in [5.74, 6) is 0. The molecule has 4 nitrogen and oxygen atoms in total. The second-order valence-corrected chi connectivity index (χ2v) is 3.58. The third-order valence-electron chi connectivity index (χ3n) is 2.07. The fourth-order valence-corrected chi connectivity index (χ4v) is 1.29. The molecule has 0 atom stereocenters. The Bertz CT molecular complexity index is 308. The number of alkyl halides is 3. The van der Waals surface area contributed by atoms with Crippen LogP contribution >= 0.6 is 0 Å². The van der Waals surface area contributed by atoms with E-state index in [2.05, 4.69) is 10.3 Å². The normalized spacial score (nSPS) is 12.0. The van der Waals surface area contributed by atoms with Crippen molar-refractivity contribution in [3.63, 3.8) is 0 Å². The average molecular weight is 236 g/mol. The van der Waals surface area contributed by atoms with E-state index in [1.165, 1.54) is 4.68 Å². The van der Waals surface area contributed by atoms with Crippen molar-refractivity contribution in [1.82, 2.24) is 15.0 Å². The Hall–Kier alpha value is -1.11. The van der Waals surface area contributed by atoms with E-state index < -0.39 is 12.6 Å².